The minimum absolute atomic E-state index is 0.102. The third kappa shape index (κ3) is 4.98. The second kappa shape index (κ2) is 11.1. The topological polar surface area (TPSA) is 110 Å². The monoisotopic (exact) mass is 595 g/mol. The quantitative estimate of drug-likeness (QED) is 0.155. The Bertz CT molecular complexity index is 1860. The van der Waals surface area contributed by atoms with Crippen LogP contribution >= 0.6 is 0 Å². The Hall–Kier alpha value is -4.81. The van der Waals surface area contributed by atoms with E-state index >= 15 is 4.39 Å². The minimum Gasteiger partial charge on any atom is -0.396 e. The van der Waals surface area contributed by atoms with Crippen LogP contribution in [0.1, 0.15) is 37.9 Å². The molecule has 9 nitrogen and oxygen atoms in total. The Morgan fingerprint density at radius 3 is 2.49 bits per heavy atom. The summed E-state index contributed by atoms with van der Waals surface area (Å²) in [6, 6.07) is 3.12. The van der Waals surface area contributed by atoms with Gasteiger partial charge in [0.25, 0.3) is 0 Å². The van der Waals surface area contributed by atoms with Gasteiger partial charge in [0.15, 0.2) is 23.1 Å². The molecule has 3 aromatic heterocycles. The minimum atomic E-state index is -1.88. The average molecular weight is 596 g/mol. The van der Waals surface area contributed by atoms with Gasteiger partial charge in [-0.15, -0.1) is 0 Å². The van der Waals surface area contributed by atoms with Gasteiger partial charge < -0.3 is 15.5 Å². The number of benzene rings is 1. The van der Waals surface area contributed by atoms with Crippen molar-refractivity contribution in [1.82, 2.24) is 24.4 Å². The number of carbonyl (C=O) groups is 1. The van der Waals surface area contributed by atoms with Crippen LogP contribution < -0.4 is 16.3 Å². The van der Waals surface area contributed by atoms with E-state index in [-0.39, 0.29) is 54.4 Å². The number of aryl methyl sites for hydroxylation is 1. The molecule has 4 heterocycles. The molecule has 0 saturated carbocycles. The molecule has 5 rings (SSSR count). The fraction of sp³-hybridized carbons (Fsp3) is 0.300. The number of fused-ring (bicyclic) bond motifs is 1. The SMILES string of the molecule is C=CC(=O)N1CCN(c2nc(=O)n(-c3c(C)ccnc3C(C)C)c3nc(-c4cc(N)c(F)c(F)c4F)c(F)cc23)[C@@H](C)C1. The molecular weight excluding hydrogens is 566 g/mol. The van der Waals surface area contributed by atoms with Crippen molar-refractivity contribution in [2.45, 2.75) is 39.7 Å². The van der Waals surface area contributed by atoms with E-state index in [1.54, 1.807) is 29.0 Å². The summed E-state index contributed by atoms with van der Waals surface area (Å²) in [6.45, 7) is 11.7. The molecule has 1 aliphatic rings. The normalized spacial score (nSPS) is 15.4. The zero-order chi connectivity index (χ0) is 31.3. The van der Waals surface area contributed by atoms with Crippen molar-refractivity contribution in [3.05, 3.63) is 82.1 Å². The van der Waals surface area contributed by atoms with Gasteiger partial charge in [0.05, 0.1) is 22.5 Å². The van der Waals surface area contributed by atoms with Gasteiger partial charge >= 0.3 is 5.69 Å². The zero-order valence-corrected chi connectivity index (χ0v) is 24.0. The highest BCUT2D eigenvalue weighted by Crippen LogP contribution is 2.35. The fourth-order valence-electron chi connectivity index (χ4n) is 5.40. The summed E-state index contributed by atoms with van der Waals surface area (Å²) in [4.78, 5) is 42.6. The number of nitrogen functional groups attached to an aromatic ring is 1. The van der Waals surface area contributed by atoms with Crippen molar-refractivity contribution < 1.29 is 22.4 Å². The van der Waals surface area contributed by atoms with Crippen LogP contribution in [0.3, 0.4) is 0 Å². The Balaban J connectivity index is 1.84. The predicted octanol–water partition coefficient (Wildman–Crippen LogP) is 4.64. The maximum Gasteiger partial charge on any atom is 0.355 e. The van der Waals surface area contributed by atoms with Gasteiger partial charge in [-0.3, -0.25) is 9.78 Å². The Morgan fingerprint density at radius 1 is 1.12 bits per heavy atom. The molecule has 0 bridgehead atoms. The van der Waals surface area contributed by atoms with E-state index in [1.807, 2.05) is 20.8 Å². The molecule has 2 N–H and O–H groups in total. The molecule has 43 heavy (non-hydrogen) atoms. The molecule has 4 aromatic rings. The van der Waals surface area contributed by atoms with Gasteiger partial charge in [0.2, 0.25) is 5.91 Å². The van der Waals surface area contributed by atoms with Crippen LogP contribution in [0.15, 0.2) is 41.8 Å². The smallest absolute Gasteiger partial charge is 0.355 e. The predicted molar refractivity (Wildman–Crippen MR) is 155 cm³/mol. The van der Waals surface area contributed by atoms with Gasteiger partial charge in [-0.05, 0) is 49.6 Å². The molecule has 0 radical (unpaired) electrons. The number of nitrogens with zero attached hydrogens (tertiary/aromatic N) is 6. The summed E-state index contributed by atoms with van der Waals surface area (Å²) in [6.07, 6.45) is 2.80. The maximum atomic E-state index is 15.8. The van der Waals surface area contributed by atoms with E-state index in [0.717, 1.165) is 12.1 Å². The highest BCUT2D eigenvalue weighted by molar-refractivity contribution is 5.91. The first-order valence-electron chi connectivity index (χ1n) is 13.6. The van der Waals surface area contributed by atoms with Crippen LogP contribution in [0.4, 0.5) is 29.1 Å². The number of pyridine rings is 2. The first kappa shape index (κ1) is 29.7. The number of halogens is 4. The van der Waals surface area contributed by atoms with Gasteiger partial charge in [0.1, 0.15) is 17.3 Å². The first-order valence-corrected chi connectivity index (χ1v) is 13.6. The number of rotatable bonds is 5. The van der Waals surface area contributed by atoms with Gasteiger partial charge in [-0.2, -0.15) is 4.98 Å². The van der Waals surface area contributed by atoms with E-state index in [9.17, 15) is 22.8 Å². The van der Waals surface area contributed by atoms with E-state index in [0.29, 0.717) is 16.9 Å². The Kier molecular flexibility index (Phi) is 7.67. The van der Waals surface area contributed by atoms with Crippen LogP contribution in [0.25, 0.3) is 28.0 Å². The van der Waals surface area contributed by atoms with Gasteiger partial charge in [-0.1, -0.05) is 20.4 Å². The van der Waals surface area contributed by atoms with E-state index in [1.165, 1.54) is 10.6 Å². The lowest BCUT2D eigenvalue weighted by Crippen LogP contribution is -2.54. The van der Waals surface area contributed by atoms with Crippen LogP contribution in [-0.4, -0.2) is 56.0 Å². The molecular formula is C30H29F4N7O2. The molecule has 1 saturated heterocycles. The van der Waals surface area contributed by atoms with E-state index < -0.39 is 45.9 Å². The molecule has 1 aromatic carbocycles. The van der Waals surface area contributed by atoms with Crippen molar-refractivity contribution in [2.75, 3.05) is 30.3 Å². The van der Waals surface area contributed by atoms with Crippen molar-refractivity contribution in [3.63, 3.8) is 0 Å². The van der Waals surface area contributed by atoms with E-state index in [2.05, 4.69) is 21.5 Å². The second-order valence-corrected chi connectivity index (χ2v) is 10.7. The standard InChI is InChI=1S/C30H29F4N7O2/c1-6-21(42)39-9-10-40(16(5)13-39)28-18-11-19(31)26(17-12-20(35)23(33)24(34)22(17)32)37-29(18)41(30(43)38-28)27-15(4)7-8-36-25(27)14(2)3/h6-8,11-12,14,16H,1,9-10,13,35H2,2-5H3/t16-/m0/s1. The number of piperazine rings is 1. The summed E-state index contributed by atoms with van der Waals surface area (Å²) < 4.78 is 60.3. The highest BCUT2D eigenvalue weighted by atomic mass is 19.2. The third-order valence-electron chi connectivity index (χ3n) is 7.54. The van der Waals surface area contributed by atoms with Crippen molar-refractivity contribution in [3.8, 4) is 16.9 Å². The molecule has 224 valence electrons. The number of hydrogen-bond acceptors (Lipinski definition) is 7. The number of carbonyl (C=O) groups excluding carboxylic acids is 1. The lowest BCUT2D eigenvalue weighted by molar-refractivity contribution is -0.126. The van der Waals surface area contributed by atoms with Crippen molar-refractivity contribution >= 4 is 28.4 Å². The van der Waals surface area contributed by atoms with E-state index in [4.69, 9.17) is 5.73 Å². The Morgan fingerprint density at radius 2 is 1.84 bits per heavy atom. The molecule has 13 heteroatoms. The summed E-state index contributed by atoms with van der Waals surface area (Å²) in [5.41, 5.74) is 4.05. The molecule has 0 aliphatic carbocycles. The van der Waals surface area contributed by atoms with Crippen molar-refractivity contribution in [2.24, 2.45) is 0 Å². The van der Waals surface area contributed by atoms with Crippen LogP contribution in [0.2, 0.25) is 0 Å². The summed E-state index contributed by atoms with van der Waals surface area (Å²) in [5.74, 6) is -6.56. The number of aromatic nitrogens is 4. The van der Waals surface area contributed by atoms with Crippen LogP contribution in [-0.2, 0) is 4.79 Å². The van der Waals surface area contributed by atoms with Crippen LogP contribution in [0, 0.1) is 30.2 Å². The summed E-state index contributed by atoms with van der Waals surface area (Å²) in [7, 11) is 0. The number of nitrogens with two attached hydrogens (primary N) is 1. The molecule has 1 atom stereocenters. The molecule has 0 spiro atoms. The molecule has 1 amide bonds. The maximum absolute atomic E-state index is 15.8. The van der Waals surface area contributed by atoms with Crippen molar-refractivity contribution in [1.29, 1.82) is 0 Å². The van der Waals surface area contributed by atoms with Gasteiger partial charge in [-0.25, -0.2) is 31.9 Å². The fourth-order valence-corrected chi connectivity index (χ4v) is 5.40. The number of hydrogen-bond donors (Lipinski definition) is 1. The highest BCUT2D eigenvalue weighted by Gasteiger charge is 2.31. The van der Waals surface area contributed by atoms with Crippen LogP contribution in [0.5, 0.6) is 0 Å². The first-order chi connectivity index (χ1) is 20.3. The van der Waals surface area contributed by atoms with Gasteiger partial charge in [0, 0.05) is 37.4 Å². The lowest BCUT2D eigenvalue weighted by Gasteiger charge is -2.40. The summed E-state index contributed by atoms with van der Waals surface area (Å²) >= 11 is 0. The average Bonchev–Trinajstić information content (AvgIpc) is 2.97. The third-order valence-corrected chi connectivity index (χ3v) is 7.54. The number of amides is 1. The lowest BCUT2D eigenvalue weighted by atomic mass is 10.0. The largest absolute Gasteiger partial charge is 0.396 e. The summed E-state index contributed by atoms with van der Waals surface area (Å²) in [5, 5.41) is 0.102. The molecule has 1 fully saturated rings. The second-order valence-electron chi connectivity index (χ2n) is 10.7. The molecule has 1 aliphatic heterocycles. The molecule has 0 unspecified atom stereocenters. The number of anilines is 2. The zero-order valence-electron chi connectivity index (χ0n) is 24.0. The Labute approximate surface area is 244 Å².